The smallest absolute Gasteiger partial charge is 0.759 e. The Morgan fingerprint density at radius 3 is 0.545 bits per heavy atom. The van der Waals surface area contributed by atoms with Crippen molar-refractivity contribution < 1.29 is 104 Å². The normalized spacial score (nSPS) is 10.5. The maximum absolute atomic E-state index is 8.97. The maximum Gasteiger partial charge on any atom is 3.00 e. The molecule has 0 saturated heterocycles. The maximum atomic E-state index is 8.97. The van der Waals surface area contributed by atoms with Gasteiger partial charge in [-0.05, 0) is 0 Å². The SMILES string of the molecule is NS(=O)(=O)O.O=S(=O)([O-])[O-].O=S(=O)([O-])[O-].O=S(=O)([O-])[O-].[Ru+3].[Ru+3]. The second-order valence-electron chi connectivity index (χ2n) is 1.74. The zero-order valence-electron chi connectivity index (χ0n) is 9.08. The largest absolute Gasteiger partial charge is 3.00 e. The van der Waals surface area contributed by atoms with Crippen LogP contribution in [0.5, 0.6) is 0 Å². The summed E-state index contributed by atoms with van der Waals surface area (Å²) in [6, 6.07) is 0. The number of rotatable bonds is 0. The summed E-state index contributed by atoms with van der Waals surface area (Å²) >= 11 is 0. The summed E-state index contributed by atoms with van der Waals surface area (Å²) in [6.45, 7) is 0. The summed E-state index contributed by atoms with van der Waals surface area (Å²) in [4.78, 5) is 0. The zero-order chi connectivity index (χ0) is 18.0. The van der Waals surface area contributed by atoms with Gasteiger partial charge in [-0.2, -0.15) is 8.42 Å². The molecule has 0 aliphatic rings. The number of hydrogen-bond acceptors (Lipinski definition) is 14. The van der Waals surface area contributed by atoms with E-state index in [0.29, 0.717) is 0 Å². The van der Waals surface area contributed by atoms with Gasteiger partial charge in [0.15, 0.2) is 0 Å². The van der Waals surface area contributed by atoms with Gasteiger partial charge in [0.05, 0.1) is 0 Å². The Kier molecular flexibility index (Phi) is 26.6. The van der Waals surface area contributed by atoms with Crippen molar-refractivity contribution >= 4 is 41.5 Å². The third-order valence-electron chi connectivity index (χ3n) is 0. The van der Waals surface area contributed by atoms with Gasteiger partial charge in [0.2, 0.25) is 0 Å². The predicted octanol–water partition coefficient (Wildman–Crippen LogP) is -5.27. The molecule has 0 unspecified atom stereocenters. The molecule has 0 spiro atoms. The Hall–Kier alpha value is 0.727. The molecule has 0 atom stereocenters. The van der Waals surface area contributed by atoms with Crippen molar-refractivity contribution in [1.29, 1.82) is 0 Å². The van der Waals surface area contributed by atoms with E-state index in [1.165, 1.54) is 0 Å². The molecule has 0 rings (SSSR count). The van der Waals surface area contributed by atoms with Crippen LogP contribution in [0.25, 0.3) is 0 Å². The molecule has 0 amide bonds. The first-order valence-electron chi connectivity index (χ1n) is 2.75. The molecule has 0 aliphatic heterocycles. The van der Waals surface area contributed by atoms with Gasteiger partial charge in [-0.15, -0.1) is 0 Å². The Morgan fingerprint density at radius 1 is 0.545 bits per heavy atom. The third kappa shape index (κ3) is 15300. The monoisotopic (exact) mass is 589 g/mol. The molecule has 0 aromatic carbocycles. The molecule has 2 radical (unpaired) electrons. The minimum atomic E-state index is -5.17. The predicted molar refractivity (Wildman–Crippen MR) is 47.2 cm³/mol. The first-order chi connectivity index (χ1) is 8.00. The van der Waals surface area contributed by atoms with Crippen LogP contribution in [0.2, 0.25) is 0 Å². The summed E-state index contributed by atoms with van der Waals surface area (Å²) in [5, 5.41) is 3.88. The van der Waals surface area contributed by atoms with E-state index in [-0.39, 0.29) is 39.0 Å². The fourth-order valence-corrected chi connectivity index (χ4v) is 0. The fraction of sp³-hybridized carbons (Fsp3) is 0. The molecule has 16 nitrogen and oxygen atoms in total. The van der Waals surface area contributed by atoms with Crippen LogP contribution in [0.1, 0.15) is 0 Å². The minimum Gasteiger partial charge on any atom is -0.759 e. The van der Waals surface area contributed by atoms with E-state index in [1.54, 1.807) is 0 Å². The fourth-order valence-electron chi connectivity index (χ4n) is 0. The molecule has 0 bridgehead atoms. The Labute approximate surface area is 150 Å². The van der Waals surface area contributed by atoms with Gasteiger partial charge in [0, 0.05) is 31.2 Å². The van der Waals surface area contributed by atoms with Crippen LogP contribution >= 0.6 is 0 Å². The number of nitrogens with two attached hydrogens (primary N) is 1. The van der Waals surface area contributed by atoms with Crippen molar-refractivity contribution in [3.05, 3.63) is 0 Å². The molecule has 0 aliphatic carbocycles. The molecular weight excluding hydrogens is 584 g/mol. The van der Waals surface area contributed by atoms with Crippen LogP contribution in [-0.4, -0.2) is 65.5 Å². The Balaban J connectivity index is -0.0000000376. The first-order valence-corrected chi connectivity index (χ1v) is 8.25. The van der Waals surface area contributed by atoms with Crippen LogP contribution < -0.4 is 5.14 Å². The molecule has 0 heterocycles. The molecule has 138 valence electrons. The molecule has 22 heavy (non-hydrogen) atoms. The van der Waals surface area contributed by atoms with Gasteiger partial charge < -0.3 is 27.3 Å². The van der Waals surface area contributed by atoms with Crippen molar-refractivity contribution in [2.24, 2.45) is 5.14 Å². The Morgan fingerprint density at radius 2 is 0.545 bits per heavy atom. The van der Waals surface area contributed by atoms with E-state index in [4.69, 9.17) is 65.5 Å². The molecule has 0 aromatic rings. The van der Waals surface area contributed by atoms with Crippen LogP contribution in [0.15, 0.2) is 0 Å². The third-order valence-corrected chi connectivity index (χ3v) is 0. The van der Waals surface area contributed by atoms with Gasteiger partial charge in [-0.3, -0.25) is 29.8 Å². The topological polar surface area (TPSA) is 321 Å². The van der Waals surface area contributed by atoms with Gasteiger partial charge in [-0.25, -0.2) is 5.14 Å². The molecule has 22 heteroatoms. The average Bonchev–Trinajstić information content (AvgIpc) is 1.62. The summed E-state index contributed by atoms with van der Waals surface area (Å²) < 4.78 is 127. The van der Waals surface area contributed by atoms with Crippen molar-refractivity contribution in [2.75, 3.05) is 0 Å². The van der Waals surface area contributed by atoms with Crippen molar-refractivity contribution in [2.45, 2.75) is 0 Å². The van der Waals surface area contributed by atoms with Crippen molar-refractivity contribution in [1.82, 2.24) is 0 Å². The average molecular weight is 587 g/mol. The summed E-state index contributed by atoms with van der Waals surface area (Å²) in [7, 11) is -19.7. The van der Waals surface area contributed by atoms with Gasteiger partial charge in [-0.1, -0.05) is 0 Å². The second-order valence-corrected chi connectivity index (χ2v) is 5.22. The standard InChI is InChI=1S/H3NO3S.3H2O4S.2Ru/c4*1-5(2,3)4;;/h(H3,1,2,3,4);3*(H2,1,2,3,4);;/q;;;;2*+3/p-6. The summed E-state index contributed by atoms with van der Waals surface area (Å²) in [6.07, 6.45) is 0. The molecule has 0 fully saturated rings. The second kappa shape index (κ2) is 15.3. The zero-order valence-corrected chi connectivity index (χ0v) is 15.8. The van der Waals surface area contributed by atoms with E-state index < -0.39 is 41.5 Å². The van der Waals surface area contributed by atoms with Gasteiger partial charge in [0.25, 0.3) is 0 Å². The van der Waals surface area contributed by atoms with E-state index >= 15 is 0 Å². The van der Waals surface area contributed by atoms with E-state index in [1.807, 2.05) is 0 Å². The van der Waals surface area contributed by atoms with Gasteiger partial charge >= 0.3 is 49.3 Å². The summed E-state index contributed by atoms with van der Waals surface area (Å²) in [5.41, 5.74) is 0. The molecule has 0 aromatic heterocycles. The number of hydrogen-bond donors (Lipinski definition) is 2. The molecular formula is H3NO15Ru2S4. The minimum absolute atomic E-state index is 0. The van der Waals surface area contributed by atoms with Crippen molar-refractivity contribution in [3.8, 4) is 0 Å². The van der Waals surface area contributed by atoms with Crippen LogP contribution in [0, 0.1) is 0 Å². The van der Waals surface area contributed by atoms with E-state index in [9.17, 15) is 0 Å². The van der Waals surface area contributed by atoms with Crippen LogP contribution in [-0.2, 0) is 80.5 Å². The van der Waals surface area contributed by atoms with Crippen LogP contribution in [0.4, 0.5) is 0 Å². The quantitative estimate of drug-likeness (QED) is 0.152. The van der Waals surface area contributed by atoms with Crippen molar-refractivity contribution in [3.63, 3.8) is 0 Å². The van der Waals surface area contributed by atoms with E-state index in [0.717, 1.165) is 0 Å². The Bertz CT molecular complexity index is 482. The van der Waals surface area contributed by atoms with Gasteiger partial charge in [0.1, 0.15) is 0 Å². The van der Waals surface area contributed by atoms with E-state index in [2.05, 4.69) is 5.14 Å². The molecule has 3 N–H and O–H groups in total. The first kappa shape index (κ1) is 38.3. The molecule has 0 saturated carbocycles. The van der Waals surface area contributed by atoms with Crippen LogP contribution in [0.3, 0.4) is 0 Å². The summed E-state index contributed by atoms with van der Waals surface area (Å²) in [5.74, 6) is 0.